The Morgan fingerprint density at radius 3 is 2.33 bits per heavy atom. The zero-order chi connectivity index (χ0) is 7.90. The van der Waals surface area contributed by atoms with Crippen LogP contribution in [0, 0.1) is 6.92 Å². The van der Waals surface area contributed by atoms with E-state index in [4.69, 9.17) is 5.73 Å². The molecule has 0 aromatic heterocycles. The first kappa shape index (κ1) is 9.56. The van der Waals surface area contributed by atoms with Crippen molar-refractivity contribution in [1.29, 1.82) is 0 Å². The molecule has 1 fully saturated rings. The molecule has 1 nitrogen and oxygen atoms in total. The van der Waals surface area contributed by atoms with Crippen LogP contribution in [0.4, 0.5) is 0 Å². The van der Waals surface area contributed by atoms with Gasteiger partial charge in [0.1, 0.15) is 0 Å². The van der Waals surface area contributed by atoms with Gasteiger partial charge in [-0.25, -0.2) is 0 Å². The molecule has 0 aliphatic heterocycles. The second-order valence-corrected chi connectivity index (χ2v) is 3.47. The molecule has 0 heterocycles. The minimum Gasteiger partial charge on any atom is -0.321 e. The summed E-state index contributed by atoms with van der Waals surface area (Å²) in [6.07, 6.45) is 2.30. The van der Waals surface area contributed by atoms with Gasteiger partial charge >= 0.3 is 0 Å². The second-order valence-electron chi connectivity index (χ2n) is 3.47. The highest BCUT2D eigenvalue weighted by Gasteiger charge is 2.40. The molecule has 1 aliphatic rings. The quantitative estimate of drug-likeness (QED) is 0.711. The Labute approximate surface area is 79.4 Å². The molecule has 66 valence electrons. The maximum Gasteiger partial charge on any atom is 0.0413 e. The van der Waals surface area contributed by atoms with Gasteiger partial charge in [-0.1, -0.05) is 24.3 Å². The summed E-state index contributed by atoms with van der Waals surface area (Å²) in [4.78, 5) is 0. The van der Waals surface area contributed by atoms with E-state index >= 15 is 0 Å². The van der Waals surface area contributed by atoms with Crippen LogP contribution in [-0.4, -0.2) is 0 Å². The second kappa shape index (κ2) is 3.08. The Hall–Kier alpha value is -0.530. The minimum atomic E-state index is 0. The normalized spacial score (nSPS) is 18.2. The van der Waals surface area contributed by atoms with Gasteiger partial charge in [-0.3, -0.25) is 0 Å². The largest absolute Gasteiger partial charge is 0.321 e. The molecular formula is C10H14ClN. The van der Waals surface area contributed by atoms with E-state index in [2.05, 4.69) is 31.2 Å². The zero-order valence-electron chi connectivity index (χ0n) is 7.21. The van der Waals surface area contributed by atoms with Crippen molar-refractivity contribution in [1.82, 2.24) is 0 Å². The standard InChI is InChI=1S/C10H13N.ClH/c1-8-4-2-3-5-9(8)10(11)6-7-10;/h2-5H,6-7,11H2,1H3;1H. The third-order valence-electron chi connectivity index (χ3n) is 2.47. The van der Waals surface area contributed by atoms with E-state index in [9.17, 15) is 0 Å². The molecule has 0 radical (unpaired) electrons. The van der Waals surface area contributed by atoms with Gasteiger partial charge in [0.25, 0.3) is 0 Å². The molecule has 0 atom stereocenters. The Morgan fingerprint density at radius 2 is 1.83 bits per heavy atom. The van der Waals surface area contributed by atoms with Gasteiger partial charge in [-0.15, -0.1) is 12.4 Å². The molecule has 0 bridgehead atoms. The highest BCUT2D eigenvalue weighted by Crippen LogP contribution is 2.43. The van der Waals surface area contributed by atoms with E-state index in [1.165, 1.54) is 11.1 Å². The van der Waals surface area contributed by atoms with Gasteiger partial charge in [0.2, 0.25) is 0 Å². The smallest absolute Gasteiger partial charge is 0.0413 e. The summed E-state index contributed by atoms with van der Waals surface area (Å²) in [6.45, 7) is 2.13. The van der Waals surface area contributed by atoms with Crippen molar-refractivity contribution < 1.29 is 0 Å². The number of nitrogens with two attached hydrogens (primary N) is 1. The molecule has 1 aliphatic carbocycles. The SMILES string of the molecule is Cc1ccccc1C1(N)CC1.Cl. The van der Waals surface area contributed by atoms with Gasteiger partial charge in [-0.2, -0.15) is 0 Å². The number of rotatable bonds is 1. The van der Waals surface area contributed by atoms with Crippen molar-refractivity contribution in [2.75, 3.05) is 0 Å². The van der Waals surface area contributed by atoms with Crippen molar-refractivity contribution in [3.8, 4) is 0 Å². The molecule has 0 saturated heterocycles. The van der Waals surface area contributed by atoms with Gasteiger partial charge < -0.3 is 5.73 Å². The third kappa shape index (κ3) is 1.47. The van der Waals surface area contributed by atoms with Crippen LogP contribution in [0.3, 0.4) is 0 Å². The molecule has 2 N–H and O–H groups in total. The number of aryl methyl sites for hydroxylation is 1. The Bertz CT molecular complexity index is 279. The molecule has 1 aromatic carbocycles. The molecule has 2 heteroatoms. The number of halogens is 1. The van der Waals surface area contributed by atoms with E-state index in [0.717, 1.165) is 12.8 Å². The molecule has 0 unspecified atom stereocenters. The van der Waals surface area contributed by atoms with Crippen LogP contribution in [0.5, 0.6) is 0 Å². The fraction of sp³-hybridized carbons (Fsp3) is 0.400. The van der Waals surface area contributed by atoms with Crippen LogP contribution in [-0.2, 0) is 5.54 Å². The van der Waals surface area contributed by atoms with E-state index in [1.807, 2.05) is 0 Å². The van der Waals surface area contributed by atoms with Crippen LogP contribution >= 0.6 is 12.4 Å². The summed E-state index contributed by atoms with van der Waals surface area (Å²) >= 11 is 0. The molecule has 0 spiro atoms. The monoisotopic (exact) mass is 183 g/mol. The molecular weight excluding hydrogens is 170 g/mol. The third-order valence-corrected chi connectivity index (χ3v) is 2.47. The van der Waals surface area contributed by atoms with Crippen molar-refractivity contribution >= 4 is 12.4 Å². The predicted octanol–water partition coefficient (Wildman–Crippen LogP) is 2.36. The van der Waals surface area contributed by atoms with Crippen molar-refractivity contribution in [3.05, 3.63) is 35.4 Å². The van der Waals surface area contributed by atoms with E-state index in [1.54, 1.807) is 0 Å². The van der Waals surface area contributed by atoms with Gasteiger partial charge in [0.05, 0.1) is 0 Å². The first-order valence-electron chi connectivity index (χ1n) is 4.07. The lowest BCUT2D eigenvalue weighted by molar-refractivity contribution is 0.733. The fourth-order valence-electron chi connectivity index (χ4n) is 1.54. The highest BCUT2D eigenvalue weighted by atomic mass is 35.5. The average Bonchev–Trinajstić information content (AvgIpc) is 2.70. The molecule has 0 amide bonds. The van der Waals surface area contributed by atoms with Gasteiger partial charge in [0.15, 0.2) is 0 Å². The number of hydrogen-bond acceptors (Lipinski definition) is 1. The number of benzene rings is 1. The Kier molecular flexibility index (Phi) is 2.45. The lowest BCUT2D eigenvalue weighted by Crippen LogP contribution is -2.19. The zero-order valence-corrected chi connectivity index (χ0v) is 8.03. The topological polar surface area (TPSA) is 26.0 Å². The predicted molar refractivity (Wildman–Crippen MR) is 53.5 cm³/mol. The van der Waals surface area contributed by atoms with Crippen molar-refractivity contribution in [2.45, 2.75) is 25.3 Å². The van der Waals surface area contributed by atoms with Gasteiger partial charge in [0, 0.05) is 5.54 Å². The summed E-state index contributed by atoms with van der Waals surface area (Å²) in [5, 5.41) is 0. The molecule has 1 aromatic rings. The summed E-state index contributed by atoms with van der Waals surface area (Å²) in [7, 11) is 0. The van der Waals surface area contributed by atoms with E-state index in [0.29, 0.717) is 0 Å². The van der Waals surface area contributed by atoms with Crippen molar-refractivity contribution in [3.63, 3.8) is 0 Å². The van der Waals surface area contributed by atoms with E-state index in [-0.39, 0.29) is 17.9 Å². The lowest BCUT2D eigenvalue weighted by Gasteiger charge is -2.11. The van der Waals surface area contributed by atoms with Crippen LogP contribution in [0.25, 0.3) is 0 Å². The lowest BCUT2D eigenvalue weighted by atomic mass is 10.0. The fourth-order valence-corrected chi connectivity index (χ4v) is 1.54. The minimum absolute atomic E-state index is 0. The van der Waals surface area contributed by atoms with Crippen LogP contribution in [0.2, 0.25) is 0 Å². The first-order valence-corrected chi connectivity index (χ1v) is 4.07. The maximum atomic E-state index is 6.07. The molecule has 2 rings (SSSR count). The summed E-state index contributed by atoms with van der Waals surface area (Å²) in [5.74, 6) is 0. The summed E-state index contributed by atoms with van der Waals surface area (Å²) < 4.78 is 0. The van der Waals surface area contributed by atoms with Crippen molar-refractivity contribution in [2.24, 2.45) is 5.73 Å². The summed E-state index contributed by atoms with van der Waals surface area (Å²) in [5.41, 5.74) is 8.76. The van der Waals surface area contributed by atoms with Crippen LogP contribution in [0.1, 0.15) is 24.0 Å². The molecule has 12 heavy (non-hydrogen) atoms. The van der Waals surface area contributed by atoms with Gasteiger partial charge in [-0.05, 0) is 30.9 Å². The van der Waals surface area contributed by atoms with Crippen LogP contribution < -0.4 is 5.73 Å². The average molecular weight is 184 g/mol. The highest BCUT2D eigenvalue weighted by molar-refractivity contribution is 5.85. The van der Waals surface area contributed by atoms with E-state index < -0.39 is 0 Å². The first-order chi connectivity index (χ1) is 5.22. The number of hydrogen-bond donors (Lipinski definition) is 1. The maximum absolute atomic E-state index is 6.07. The van der Waals surface area contributed by atoms with Crippen LogP contribution in [0.15, 0.2) is 24.3 Å². The Morgan fingerprint density at radius 1 is 1.25 bits per heavy atom. The molecule has 1 saturated carbocycles. The summed E-state index contributed by atoms with van der Waals surface area (Å²) in [6, 6.07) is 8.39. The Balaban J connectivity index is 0.000000720.